The van der Waals surface area contributed by atoms with Crippen molar-refractivity contribution >= 4 is 11.3 Å². The zero-order valence-electron chi connectivity index (χ0n) is 11.5. The molecule has 0 aliphatic heterocycles. The molecule has 1 aliphatic carbocycles. The lowest BCUT2D eigenvalue weighted by Gasteiger charge is -2.24. The fraction of sp³-hybridized carbons (Fsp3) is 0.412. The first-order valence-corrected chi connectivity index (χ1v) is 8.22. The van der Waals surface area contributed by atoms with Crippen molar-refractivity contribution in [3.05, 3.63) is 58.0 Å². The Bertz CT molecular complexity index is 532. The molecule has 3 rings (SSSR count). The summed E-state index contributed by atoms with van der Waals surface area (Å²) in [5, 5.41) is 5.79. The number of nitrogens with one attached hydrogen (secondary N) is 1. The molecule has 0 spiro atoms. The van der Waals surface area contributed by atoms with Crippen molar-refractivity contribution in [2.45, 2.75) is 38.3 Å². The summed E-state index contributed by atoms with van der Waals surface area (Å²) < 4.78 is 13.2. The van der Waals surface area contributed by atoms with E-state index in [4.69, 9.17) is 0 Å². The van der Waals surface area contributed by atoms with Gasteiger partial charge in [0.25, 0.3) is 0 Å². The fourth-order valence-corrected chi connectivity index (χ4v) is 4.03. The molecule has 1 atom stereocenters. The smallest absolute Gasteiger partial charge is 0.123 e. The van der Waals surface area contributed by atoms with Crippen LogP contribution in [0.3, 0.4) is 0 Å². The van der Waals surface area contributed by atoms with Gasteiger partial charge in [-0.15, -0.1) is 11.3 Å². The topological polar surface area (TPSA) is 12.0 Å². The van der Waals surface area contributed by atoms with Gasteiger partial charge < -0.3 is 5.32 Å². The second-order valence-electron chi connectivity index (χ2n) is 5.55. The highest BCUT2D eigenvalue weighted by Gasteiger charge is 2.26. The van der Waals surface area contributed by atoms with Crippen molar-refractivity contribution in [1.82, 2.24) is 5.32 Å². The lowest BCUT2D eigenvalue weighted by molar-refractivity contribution is 0.370. The van der Waals surface area contributed by atoms with E-state index in [2.05, 4.69) is 22.8 Å². The van der Waals surface area contributed by atoms with Crippen LogP contribution >= 0.6 is 11.3 Å². The molecule has 3 heteroatoms. The number of rotatable bonds is 5. The van der Waals surface area contributed by atoms with E-state index in [0.29, 0.717) is 6.04 Å². The summed E-state index contributed by atoms with van der Waals surface area (Å²) in [7, 11) is 0. The van der Waals surface area contributed by atoms with Crippen molar-refractivity contribution < 1.29 is 4.39 Å². The molecule has 106 valence electrons. The Hall–Kier alpha value is -1.19. The predicted molar refractivity (Wildman–Crippen MR) is 82.3 cm³/mol. The van der Waals surface area contributed by atoms with Crippen LogP contribution in [0, 0.1) is 11.7 Å². The number of thiophene rings is 1. The highest BCUT2D eigenvalue weighted by atomic mass is 32.1. The van der Waals surface area contributed by atoms with Gasteiger partial charge in [-0.1, -0.05) is 31.0 Å². The van der Waals surface area contributed by atoms with Gasteiger partial charge in [-0.05, 0) is 47.9 Å². The Morgan fingerprint density at radius 3 is 2.75 bits per heavy atom. The SMILES string of the molecule is Fc1cccc(CNC(c2cccs2)C2CCCC2)c1. The highest BCUT2D eigenvalue weighted by Crippen LogP contribution is 2.37. The fourth-order valence-electron chi connectivity index (χ4n) is 3.13. The predicted octanol–water partition coefficient (Wildman–Crippen LogP) is 4.91. The Labute approximate surface area is 123 Å². The van der Waals surface area contributed by atoms with Crippen LogP contribution in [0.15, 0.2) is 41.8 Å². The van der Waals surface area contributed by atoms with Gasteiger partial charge in [-0.2, -0.15) is 0 Å². The van der Waals surface area contributed by atoms with E-state index < -0.39 is 0 Å². The van der Waals surface area contributed by atoms with Gasteiger partial charge in [0.2, 0.25) is 0 Å². The number of hydrogen-bond donors (Lipinski definition) is 1. The van der Waals surface area contributed by atoms with Crippen LogP contribution in [0.1, 0.15) is 42.2 Å². The summed E-state index contributed by atoms with van der Waals surface area (Å²) in [6, 6.07) is 11.6. The molecule has 0 amide bonds. The average molecular weight is 289 g/mol. The van der Waals surface area contributed by atoms with Crippen molar-refractivity contribution in [2.75, 3.05) is 0 Å². The molecule has 1 aromatic carbocycles. The molecule has 1 saturated carbocycles. The second-order valence-corrected chi connectivity index (χ2v) is 6.53. The van der Waals surface area contributed by atoms with E-state index in [0.717, 1.165) is 18.0 Å². The van der Waals surface area contributed by atoms with E-state index in [1.165, 1.54) is 36.6 Å². The lowest BCUT2D eigenvalue weighted by Crippen LogP contribution is -2.26. The second kappa shape index (κ2) is 6.51. The quantitative estimate of drug-likeness (QED) is 0.824. The molecular weight excluding hydrogens is 269 g/mol. The standard InChI is InChI=1S/C17H20FNS/c18-15-8-3-5-13(11-15)12-19-17(14-6-1-2-7-14)16-9-4-10-20-16/h3-5,8-11,14,17,19H,1-2,6-7,12H2. The van der Waals surface area contributed by atoms with E-state index in [1.807, 2.05) is 17.4 Å². The summed E-state index contributed by atoms with van der Waals surface area (Å²) in [5.74, 6) is 0.569. The van der Waals surface area contributed by atoms with Crippen LogP contribution in [0.4, 0.5) is 4.39 Å². The van der Waals surface area contributed by atoms with Crippen LogP contribution in [0.25, 0.3) is 0 Å². The van der Waals surface area contributed by atoms with Gasteiger partial charge in [0.1, 0.15) is 5.82 Å². The minimum absolute atomic E-state index is 0.155. The van der Waals surface area contributed by atoms with Crippen LogP contribution in [-0.2, 0) is 6.54 Å². The molecule has 1 aliphatic rings. The van der Waals surface area contributed by atoms with Crippen LogP contribution in [0.5, 0.6) is 0 Å². The van der Waals surface area contributed by atoms with Crippen molar-refractivity contribution in [3.63, 3.8) is 0 Å². The minimum Gasteiger partial charge on any atom is -0.305 e. The highest BCUT2D eigenvalue weighted by molar-refractivity contribution is 7.10. The summed E-state index contributed by atoms with van der Waals surface area (Å²) >= 11 is 1.82. The maximum atomic E-state index is 13.2. The van der Waals surface area contributed by atoms with Crippen LogP contribution in [0.2, 0.25) is 0 Å². The molecule has 1 heterocycles. The normalized spacial score (nSPS) is 17.4. The number of halogens is 1. The van der Waals surface area contributed by atoms with Gasteiger partial charge in [0.15, 0.2) is 0 Å². The number of hydrogen-bond acceptors (Lipinski definition) is 2. The first-order valence-electron chi connectivity index (χ1n) is 7.34. The minimum atomic E-state index is -0.155. The third-order valence-corrected chi connectivity index (χ3v) is 5.09. The first-order chi connectivity index (χ1) is 9.83. The van der Waals surface area contributed by atoms with E-state index >= 15 is 0 Å². The van der Waals surface area contributed by atoms with Crippen LogP contribution < -0.4 is 5.32 Å². The van der Waals surface area contributed by atoms with Gasteiger partial charge in [-0.25, -0.2) is 4.39 Å². The largest absolute Gasteiger partial charge is 0.305 e. The molecule has 1 fully saturated rings. The first kappa shape index (κ1) is 13.8. The maximum absolute atomic E-state index is 13.2. The monoisotopic (exact) mass is 289 g/mol. The van der Waals surface area contributed by atoms with E-state index in [9.17, 15) is 4.39 Å². The Morgan fingerprint density at radius 1 is 1.20 bits per heavy atom. The molecule has 1 unspecified atom stereocenters. The molecule has 1 N–H and O–H groups in total. The summed E-state index contributed by atoms with van der Waals surface area (Å²) in [6.45, 7) is 0.733. The molecular formula is C17H20FNS. The molecule has 1 aromatic heterocycles. The van der Waals surface area contributed by atoms with Gasteiger partial charge in [0, 0.05) is 17.5 Å². The molecule has 0 bridgehead atoms. The van der Waals surface area contributed by atoms with Gasteiger partial charge >= 0.3 is 0 Å². The van der Waals surface area contributed by atoms with Crippen molar-refractivity contribution in [2.24, 2.45) is 5.92 Å². The summed E-state index contributed by atoms with van der Waals surface area (Å²) in [6.07, 6.45) is 5.29. The zero-order valence-corrected chi connectivity index (χ0v) is 12.3. The Morgan fingerprint density at radius 2 is 2.05 bits per heavy atom. The Kier molecular flexibility index (Phi) is 4.48. The van der Waals surface area contributed by atoms with Crippen molar-refractivity contribution in [1.29, 1.82) is 0 Å². The maximum Gasteiger partial charge on any atom is 0.123 e. The van der Waals surface area contributed by atoms with Gasteiger partial charge in [-0.3, -0.25) is 0 Å². The van der Waals surface area contributed by atoms with E-state index in [-0.39, 0.29) is 5.82 Å². The molecule has 20 heavy (non-hydrogen) atoms. The third kappa shape index (κ3) is 3.28. The van der Waals surface area contributed by atoms with Crippen molar-refractivity contribution in [3.8, 4) is 0 Å². The van der Waals surface area contributed by atoms with E-state index in [1.54, 1.807) is 12.1 Å². The zero-order chi connectivity index (χ0) is 13.8. The number of benzene rings is 1. The average Bonchev–Trinajstić information content (AvgIpc) is 3.12. The molecule has 2 aromatic rings. The third-order valence-electron chi connectivity index (χ3n) is 4.14. The lowest BCUT2D eigenvalue weighted by atomic mass is 9.96. The molecule has 0 radical (unpaired) electrons. The molecule has 1 nitrogen and oxygen atoms in total. The van der Waals surface area contributed by atoms with Gasteiger partial charge in [0.05, 0.1) is 0 Å². The summed E-state index contributed by atoms with van der Waals surface area (Å²) in [4.78, 5) is 1.41. The van der Waals surface area contributed by atoms with Crippen LogP contribution in [-0.4, -0.2) is 0 Å². The summed E-state index contributed by atoms with van der Waals surface area (Å²) in [5.41, 5.74) is 1.02. The Balaban J connectivity index is 1.70. The molecule has 0 saturated heterocycles.